The summed E-state index contributed by atoms with van der Waals surface area (Å²) in [6.07, 6.45) is 0. The lowest BCUT2D eigenvalue weighted by Gasteiger charge is -2.12. The normalized spacial score (nSPS) is 10.9. The smallest absolute Gasteiger partial charge is 0.338 e. The molecule has 0 aliphatic heterocycles. The van der Waals surface area contributed by atoms with Crippen LogP contribution in [0.2, 0.25) is 5.02 Å². The second kappa shape index (κ2) is 5.46. The van der Waals surface area contributed by atoms with Crippen molar-refractivity contribution in [3.63, 3.8) is 0 Å². The number of rotatable bonds is 2. The average molecular weight is 318 g/mol. The molecule has 0 aliphatic rings. The van der Waals surface area contributed by atoms with E-state index in [0.717, 1.165) is 16.5 Å². The van der Waals surface area contributed by atoms with Crippen molar-refractivity contribution >= 4 is 33.9 Å². The van der Waals surface area contributed by atoms with Gasteiger partial charge in [0.1, 0.15) is 11.4 Å². The van der Waals surface area contributed by atoms with Gasteiger partial charge in [-0.25, -0.2) is 9.18 Å². The molecule has 0 atom stereocenters. The van der Waals surface area contributed by atoms with Gasteiger partial charge in [0, 0.05) is 17.1 Å². The lowest BCUT2D eigenvalue weighted by atomic mass is 10.1. The number of halogens is 2. The third-order valence-corrected chi connectivity index (χ3v) is 3.67. The van der Waals surface area contributed by atoms with Gasteiger partial charge < -0.3 is 9.73 Å². The van der Waals surface area contributed by atoms with Crippen molar-refractivity contribution < 1.29 is 8.81 Å². The highest BCUT2D eigenvalue weighted by atomic mass is 35.5. The van der Waals surface area contributed by atoms with Crippen LogP contribution in [0.3, 0.4) is 0 Å². The number of aryl methyl sites for hydroxylation is 2. The van der Waals surface area contributed by atoms with Crippen LogP contribution in [0.1, 0.15) is 11.1 Å². The zero-order valence-corrected chi connectivity index (χ0v) is 12.8. The second-order valence-corrected chi connectivity index (χ2v) is 5.60. The highest BCUT2D eigenvalue weighted by Gasteiger charge is 2.10. The van der Waals surface area contributed by atoms with E-state index in [2.05, 4.69) is 5.32 Å². The summed E-state index contributed by atoms with van der Waals surface area (Å²) in [5, 5.41) is 3.93. The van der Waals surface area contributed by atoms with Gasteiger partial charge in [0.15, 0.2) is 0 Å². The van der Waals surface area contributed by atoms with Gasteiger partial charge in [-0.1, -0.05) is 17.7 Å². The number of fused-ring (bicyclic) bond motifs is 1. The molecule has 5 heteroatoms. The fraction of sp³-hybridized carbons (Fsp3) is 0.118. The minimum Gasteiger partial charge on any atom is -0.423 e. The summed E-state index contributed by atoms with van der Waals surface area (Å²) < 4.78 is 18.5. The molecular formula is C17H13ClFNO2. The Bertz CT molecular complexity index is 934. The summed E-state index contributed by atoms with van der Waals surface area (Å²) in [6.45, 7) is 3.88. The number of hydrogen-bond donors (Lipinski definition) is 1. The lowest BCUT2D eigenvalue weighted by molar-refractivity contribution is 0.561. The monoisotopic (exact) mass is 317 g/mol. The molecule has 22 heavy (non-hydrogen) atoms. The quantitative estimate of drug-likeness (QED) is 0.680. The van der Waals surface area contributed by atoms with E-state index in [1.165, 1.54) is 18.2 Å². The van der Waals surface area contributed by atoms with Gasteiger partial charge in [-0.3, -0.25) is 0 Å². The molecule has 1 heterocycles. The molecule has 0 unspecified atom stereocenters. The zero-order chi connectivity index (χ0) is 15.9. The molecule has 0 saturated heterocycles. The Morgan fingerprint density at radius 1 is 1.14 bits per heavy atom. The van der Waals surface area contributed by atoms with Gasteiger partial charge in [0.25, 0.3) is 0 Å². The Labute approximate surface area is 131 Å². The van der Waals surface area contributed by atoms with Crippen LogP contribution in [0.15, 0.2) is 45.6 Å². The highest BCUT2D eigenvalue weighted by molar-refractivity contribution is 6.31. The number of anilines is 2. The highest BCUT2D eigenvalue weighted by Crippen LogP contribution is 2.30. The van der Waals surface area contributed by atoms with Crippen molar-refractivity contribution in [3.8, 4) is 0 Å². The minimum atomic E-state index is -0.489. The fourth-order valence-corrected chi connectivity index (χ4v) is 2.69. The third-order valence-electron chi connectivity index (χ3n) is 3.38. The van der Waals surface area contributed by atoms with Crippen LogP contribution in [0.5, 0.6) is 0 Å². The molecule has 0 saturated carbocycles. The third kappa shape index (κ3) is 2.70. The molecule has 1 aromatic heterocycles. The van der Waals surface area contributed by atoms with Gasteiger partial charge in [0.2, 0.25) is 0 Å². The summed E-state index contributed by atoms with van der Waals surface area (Å²) in [5.41, 5.74) is 3.25. The van der Waals surface area contributed by atoms with E-state index >= 15 is 0 Å². The van der Waals surface area contributed by atoms with E-state index in [9.17, 15) is 9.18 Å². The molecule has 0 amide bonds. The molecular weight excluding hydrogens is 305 g/mol. The maximum atomic E-state index is 13.2. The van der Waals surface area contributed by atoms with Crippen molar-refractivity contribution in [1.82, 2.24) is 0 Å². The van der Waals surface area contributed by atoms with Crippen LogP contribution in [0.25, 0.3) is 11.0 Å². The maximum Gasteiger partial charge on any atom is 0.338 e. The SMILES string of the molecule is Cc1cc(C)c2c(Nc3ccc(F)c(Cl)c3)cc(=O)oc2c1. The molecule has 1 N–H and O–H groups in total. The first-order valence-electron chi connectivity index (χ1n) is 6.71. The number of hydrogen-bond acceptors (Lipinski definition) is 3. The van der Waals surface area contributed by atoms with Gasteiger partial charge >= 0.3 is 5.63 Å². The van der Waals surface area contributed by atoms with E-state index in [4.69, 9.17) is 16.0 Å². The van der Waals surface area contributed by atoms with Gasteiger partial charge in [-0.15, -0.1) is 0 Å². The first-order chi connectivity index (χ1) is 10.4. The molecule has 3 rings (SSSR count). The van der Waals surface area contributed by atoms with Crippen molar-refractivity contribution in [2.24, 2.45) is 0 Å². The molecule has 3 aromatic rings. The Hall–Kier alpha value is -2.33. The van der Waals surface area contributed by atoms with Crippen LogP contribution in [0, 0.1) is 19.7 Å². The molecule has 2 aromatic carbocycles. The molecule has 0 radical (unpaired) electrons. The average Bonchev–Trinajstić information content (AvgIpc) is 2.41. The van der Waals surface area contributed by atoms with Gasteiger partial charge in [-0.2, -0.15) is 0 Å². The molecule has 0 fully saturated rings. The largest absolute Gasteiger partial charge is 0.423 e. The molecule has 0 spiro atoms. The van der Waals surface area contributed by atoms with Crippen molar-refractivity contribution in [1.29, 1.82) is 0 Å². The predicted octanol–water partition coefficient (Wildman–Crippen LogP) is 4.95. The van der Waals surface area contributed by atoms with Crippen LogP contribution in [-0.2, 0) is 0 Å². The molecule has 112 valence electrons. The molecule has 0 aliphatic carbocycles. The Balaban J connectivity index is 2.17. The van der Waals surface area contributed by atoms with Crippen LogP contribution in [-0.4, -0.2) is 0 Å². The van der Waals surface area contributed by atoms with Crippen LogP contribution >= 0.6 is 11.6 Å². The van der Waals surface area contributed by atoms with E-state index in [-0.39, 0.29) is 5.02 Å². The summed E-state index contributed by atoms with van der Waals surface area (Å²) in [7, 11) is 0. The number of nitrogens with one attached hydrogen (secondary N) is 1. The Kier molecular flexibility index (Phi) is 3.62. The van der Waals surface area contributed by atoms with Crippen molar-refractivity contribution in [2.75, 3.05) is 5.32 Å². The lowest BCUT2D eigenvalue weighted by Crippen LogP contribution is -2.02. The van der Waals surface area contributed by atoms with E-state index in [1.54, 1.807) is 6.07 Å². The summed E-state index contributed by atoms with van der Waals surface area (Å²) in [4.78, 5) is 11.7. The first-order valence-corrected chi connectivity index (χ1v) is 7.09. The zero-order valence-electron chi connectivity index (χ0n) is 12.0. The summed E-state index contributed by atoms with van der Waals surface area (Å²) in [5.74, 6) is -0.489. The summed E-state index contributed by atoms with van der Waals surface area (Å²) in [6, 6.07) is 9.50. The van der Waals surface area contributed by atoms with Crippen molar-refractivity contribution in [3.05, 3.63) is 68.8 Å². The second-order valence-electron chi connectivity index (χ2n) is 5.19. The van der Waals surface area contributed by atoms with E-state index in [1.807, 2.05) is 26.0 Å². The summed E-state index contributed by atoms with van der Waals surface area (Å²) >= 11 is 5.79. The molecule has 3 nitrogen and oxygen atoms in total. The van der Waals surface area contributed by atoms with E-state index in [0.29, 0.717) is 17.0 Å². The first kappa shape index (κ1) is 14.6. The van der Waals surface area contributed by atoms with Crippen LogP contribution < -0.4 is 10.9 Å². The predicted molar refractivity (Wildman–Crippen MR) is 86.7 cm³/mol. The van der Waals surface area contributed by atoms with Gasteiger partial charge in [0.05, 0.1) is 10.7 Å². The van der Waals surface area contributed by atoms with Crippen LogP contribution in [0.4, 0.5) is 15.8 Å². The Morgan fingerprint density at radius 2 is 1.91 bits per heavy atom. The number of benzene rings is 2. The standard InChI is InChI=1S/C17H13ClFNO2/c1-9-5-10(2)17-14(8-16(21)22-15(17)6-9)20-11-3-4-13(19)12(18)7-11/h3-8,20H,1-2H3. The molecule has 0 bridgehead atoms. The van der Waals surface area contributed by atoms with Gasteiger partial charge in [-0.05, 0) is 49.2 Å². The fourth-order valence-electron chi connectivity index (χ4n) is 2.51. The minimum absolute atomic E-state index is 0.0184. The van der Waals surface area contributed by atoms with Crippen molar-refractivity contribution in [2.45, 2.75) is 13.8 Å². The van der Waals surface area contributed by atoms with E-state index < -0.39 is 11.4 Å². The Morgan fingerprint density at radius 3 is 2.64 bits per heavy atom. The maximum absolute atomic E-state index is 13.2. The topological polar surface area (TPSA) is 42.2 Å².